The number of amides is 2. The minimum atomic E-state index is -0.539. The lowest BCUT2D eigenvalue weighted by Crippen LogP contribution is -2.48. The van der Waals surface area contributed by atoms with Gasteiger partial charge in [-0.1, -0.05) is 17.7 Å². The first kappa shape index (κ1) is 18.1. The van der Waals surface area contributed by atoms with Crippen molar-refractivity contribution in [2.75, 3.05) is 37.7 Å². The van der Waals surface area contributed by atoms with Crippen molar-refractivity contribution in [1.82, 2.24) is 4.90 Å². The normalized spacial score (nSPS) is 14.2. The Morgan fingerprint density at radius 3 is 2.35 bits per heavy atom. The van der Waals surface area contributed by atoms with Crippen LogP contribution in [0.1, 0.15) is 10.4 Å². The lowest BCUT2D eigenvalue weighted by atomic mass is 10.1. The van der Waals surface area contributed by atoms with E-state index >= 15 is 0 Å². The maximum absolute atomic E-state index is 12.6. The monoisotopic (exact) mass is 373 g/mol. The van der Waals surface area contributed by atoms with E-state index in [1.54, 1.807) is 24.3 Å². The number of halogens is 1. The van der Waals surface area contributed by atoms with Crippen molar-refractivity contribution in [1.29, 1.82) is 0 Å². The van der Waals surface area contributed by atoms with Crippen LogP contribution in [0.25, 0.3) is 0 Å². The molecule has 0 saturated carbocycles. The smallest absolute Gasteiger partial charge is 0.255 e. The third-order valence-corrected chi connectivity index (χ3v) is 4.46. The number of nitrogens with two attached hydrogens (primary N) is 1. The van der Waals surface area contributed by atoms with Crippen LogP contribution in [0, 0.1) is 0 Å². The molecule has 0 unspecified atom stereocenters. The zero-order valence-electron chi connectivity index (χ0n) is 14.2. The number of benzene rings is 2. The molecule has 1 saturated heterocycles. The molecule has 1 aliphatic heterocycles. The number of nitrogens with zero attached hydrogens (tertiary/aromatic N) is 2. The van der Waals surface area contributed by atoms with E-state index in [9.17, 15) is 9.59 Å². The highest BCUT2D eigenvalue weighted by molar-refractivity contribution is 6.30. The van der Waals surface area contributed by atoms with E-state index in [2.05, 4.69) is 4.90 Å². The van der Waals surface area contributed by atoms with Crippen molar-refractivity contribution in [3.05, 3.63) is 59.1 Å². The summed E-state index contributed by atoms with van der Waals surface area (Å²) in [6.45, 7) is 2.62. The van der Waals surface area contributed by atoms with Crippen molar-refractivity contribution < 1.29 is 14.3 Å². The van der Waals surface area contributed by atoms with Gasteiger partial charge in [-0.25, -0.2) is 0 Å². The van der Waals surface area contributed by atoms with Gasteiger partial charge in [0.05, 0.1) is 0 Å². The molecule has 0 aromatic heterocycles. The molecule has 1 fully saturated rings. The molecule has 2 aromatic rings. The summed E-state index contributed by atoms with van der Waals surface area (Å²) in [5.74, 6) is -0.0500. The molecule has 136 valence electrons. The fraction of sp³-hybridized carbons (Fsp3) is 0.263. The highest BCUT2D eigenvalue weighted by Gasteiger charge is 2.22. The second-order valence-electron chi connectivity index (χ2n) is 6.04. The number of carbonyl (C=O) groups excluding carboxylic acids is 2. The van der Waals surface area contributed by atoms with Gasteiger partial charge in [-0.3, -0.25) is 9.59 Å². The van der Waals surface area contributed by atoms with Crippen LogP contribution in [0.4, 0.5) is 5.69 Å². The van der Waals surface area contributed by atoms with Gasteiger partial charge in [0.2, 0.25) is 0 Å². The highest BCUT2D eigenvalue weighted by atomic mass is 35.5. The largest absolute Gasteiger partial charge is 0.484 e. The molecule has 0 atom stereocenters. The molecule has 0 spiro atoms. The van der Waals surface area contributed by atoms with Crippen LogP contribution in [0.5, 0.6) is 5.75 Å². The van der Waals surface area contributed by atoms with Crippen molar-refractivity contribution in [3.63, 3.8) is 0 Å². The highest BCUT2D eigenvalue weighted by Crippen LogP contribution is 2.21. The third kappa shape index (κ3) is 4.46. The molecule has 1 heterocycles. The first-order valence-electron chi connectivity index (χ1n) is 8.34. The van der Waals surface area contributed by atoms with Crippen LogP contribution in [0.3, 0.4) is 0 Å². The molecule has 26 heavy (non-hydrogen) atoms. The van der Waals surface area contributed by atoms with E-state index in [1.165, 1.54) is 0 Å². The quantitative estimate of drug-likeness (QED) is 0.871. The zero-order chi connectivity index (χ0) is 18.5. The van der Waals surface area contributed by atoms with Gasteiger partial charge in [-0.2, -0.15) is 0 Å². The zero-order valence-corrected chi connectivity index (χ0v) is 15.0. The summed E-state index contributed by atoms with van der Waals surface area (Å²) in [5, 5.41) is 0.708. The summed E-state index contributed by atoms with van der Waals surface area (Å²) in [5.41, 5.74) is 6.70. The molecule has 2 amide bonds. The molecule has 6 nitrogen and oxygen atoms in total. The summed E-state index contributed by atoms with van der Waals surface area (Å²) < 4.78 is 5.20. The Kier molecular flexibility index (Phi) is 5.63. The minimum absolute atomic E-state index is 0.0165. The number of piperazine rings is 1. The number of rotatable bonds is 5. The fourth-order valence-corrected chi connectivity index (χ4v) is 3.06. The Hall–Kier alpha value is -2.73. The average Bonchev–Trinajstić information content (AvgIpc) is 2.66. The van der Waals surface area contributed by atoms with Gasteiger partial charge in [0.1, 0.15) is 5.75 Å². The summed E-state index contributed by atoms with van der Waals surface area (Å²) >= 11 is 6.05. The van der Waals surface area contributed by atoms with E-state index < -0.39 is 5.91 Å². The van der Waals surface area contributed by atoms with Crippen molar-refractivity contribution in [2.24, 2.45) is 5.73 Å². The van der Waals surface area contributed by atoms with E-state index in [0.29, 0.717) is 29.4 Å². The van der Waals surface area contributed by atoms with E-state index in [0.717, 1.165) is 18.8 Å². The van der Waals surface area contributed by atoms with Gasteiger partial charge in [-0.15, -0.1) is 0 Å². The molecular formula is C19H20ClN3O3. The molecule has 1 aliphatic rings. The Bertz CT molecular complexity index is 787. The second kappa shape index (κ2) is 8.10. The predicted molar refractivity (Wildman–Crippen MR) is 101 cm³/mol. The van der Waals surface area contributed by atoms with Gasteiger partial charge in [0, 0.05) is 42.5 Å². The van der Waals surface area contributed by atoms with Crippen molar-refractivity contribution in [2.45, 2.75) is 0 Å². The van der Waals surface area contributed by atoms with Crippen LogP contribution in [-0.4, -0.2) is 49.5 Å². The molecule has 2 N–H and O–H groups in total. The number of anilines is 1. The van der Waals surface area contributed by atoms with Gasteiger partial charge >= 0.3 is 0 Å². The first-order valence-corrected chi connectivity index (χ1v) is 8.72. The van der Waals surface area contributed by atoms with E-state index in [-0.39, 0.29) is 12.5 Å². The van der Waals surface area contributed by atoms with Crippen LogP contribution >= 0.6 is 11.6 Å². The van der Waals surface area contributed by atoms with Crippen LogP contribution in [0.15, 0.2) is 48.5 Å². The summed E-state index contributed by atoms with van der Waals surface area (Å²) in [4.78, 5) is 27.4. The summed E-state index contributed by atoms with van der Waals surface area (Å²) in [6, 6.07) is 14.5. The van der Waals surface area contributed by atoms with Gasteiger partial charge in [0.15, 0.2) is 6.61 Å². The van der Waals surface area contributed by atoms with Crippen molar-refractivity contribution >= 4 is 29.1 Å². The van der Waals surface area contributed by atoms with Gasteiger partial charge in [0.25, 0.3) is 11.8 Å². The maximum atomic E-state index is 12.6. The minimum Gasteiger partial charge on any atom is -0.484 e. The third-order valence-electron chi connectivity index (χ3n) is 4.22. The number of hydrogen-bond donors (Lipinski definition) is 1. The predicted octanol–water partition coefficient (Wildman–Crippen LogP) is 2.17. The number of hydrogen-bond acceptors (Lipinski definition) is 4. The fourth-order valence-electron chi connectivity index (χ4n) is 2.87. The Labute approximate surface area is 157 Å². The molecule has 2 aromatic carbocycles. The van der Waals surface area contributed by atoms with E-state index in [4.69, 9.17) is 22.1 Å². The molecule has 0 aliphatic carbocycles. The summed E-state index contributed by atoms with van der Waals surface area (Å²) in [7, 11) is 0. The SMILES string of the molecule is NC(=O)COc1ccc(C(=O)N2CCN(c3cccc(Cl)c3)CC2)cc1. The van der Waals surface area contributed by atoms with Crippen LogP contribution in [-0.2, 0) is 4.79 Å². The first-order chi connectivity index (χ1) is 12.5. The second-order valence-corrected chi connectivity index (χ2v) is 6.47. The Morgan fingerprint density at radius 2 is 1.73 bits per heavy atom. The van der Waals surface area contributed by atoms with Gasteiger partial charge in [-0.05, 0) is 42.5 Å². The van der Waals surface area contributed by atoms with Gasteiger partial charge < -0.3 is 20.3 Å². The molecule has 0 radical (unpaired) electrons. The maximum Gasteiger partial charge on any atom is 0.255 e. The topological polar surface area (TPSA) is 75.9 Å². The standard InChI is InChI=1S/C19H20ClN3O3/c20-15-2-1-3-16(12-15)22-8-10-23(11-9-22)19(25)14-4-6-17(7-5-14)26-13-18(21)24/h1-7,12H,8-11,13H2,(H2,21,24). The number of carbonyl (C=O) groups is 2. The lowest BCUT2D eigenvalue weighted by Gasteiger charge is -2.36. The number of primary amides is 1. The molecule has 0 bridgehead atoms. The average molecular weight is 374 g/mol. The van der Waals surface area contributed by atoms with Crippen LogP contribution < -0.4 is 15.4 Å². The molecule has 7 heteroatoms. The molecular weight excluding hydrogens is 354 g/mol. The Morgan fingerprint density at radius 1 is 1.04 bits per heavy atom. The van der Waals surface area contributed by atoms with Crippen LogP contribution in [0.2, 0.25) is 5.02 Å². The lowest BCUT2D eigenvalue weighted by molar-refractivity contribution is -0.119. The van der Waals surface area contributed by atoms with E-state index in [1.807, 2.05) is 29.2 Å². The Balaban J connectivity index is 1.57. The van der Waals surface area contributed by atoms with Crippen molar-refractivity contribution in [3.8, 4) is 5.75 Å². The number of ether oxygens (including phenoxy) is 1. The summed E-state index contributed by atoms with van der Waals surface area (Å²) in [6.07, 6.45) is 0. The molecule has 3 rings (SSSR count).